The zero-order chi connectivity index (χ0) is 12.1. The van der Waals surface area contributed by atoms with E-state index < -0.39 is 6.10 Å². The molecule has 0 aliphatic carbocycles. The highest BCUT2D eigenvalue weighted by molar-refractivity contribution is 5.19. The Morgan fingerprint density at radius 1 is 1.31 bits per heavy atom. The number of aliphatic hydroxyl groups is 1. The van der Waals surface area contributed by atoms with E-state index in [1.54, 1.807) is 6.92 Å². The van der Waals surface area contributed by atoms with Gasteiger partial charge in [-0.25, -0.2) is 4.98 Å². The standard InChI is InChI=1S/C13H21NO2/c1-5-16-12-8-6-7-11(14-12)13(9(2)3)10(4)15/h6-10,13,15H,5H2,1-4H3. The van der Waals surface area contributed by atoms with E-state index in [4.69, 9.17) is 4.74 Å². The van der Waals surface area contributed by atoms with Crippen LogP contribution >= 0.6 is 0 Å². The predicted molar refractivity (Wildman–Crippen MR) is 64.7 cm³/mol. The molecule has 2 unspecified atom stereocenters. The minimum Gasteiger partial charge on any atom is -0.478 e. The van der Waals surface area contributed by atoms with Crippen LogP contribution in [0, 0.1) is 5.92 Å². The van der Waals surface area contributed by atoms with Crippen LogP contribution in [-0.4, -0.2) is 22.8 Å². The number of hydrogen-bond donors (Lipinski definition) is 1. The number of hydrogen-bond acceptors (Lipinski definition) is 3. The van der Waals surface area contributed by atoms with Gasteiger partial charge >= 0.3 is 0 Å². The van der Waals surface area contributed by atoms with Crippen molar-refractivity contribution < 1.29 is 9.84 Å². The Bertz CT molecular complexity index is 315. The predicted octanol–water partition coefficient (Wildman–Crippen LogP) is 2.60. The Morgan fingerprint density at radius 2 is 2.00 bits per heavy atom. The van der Waals surface area contributed by atoms with Crippen molar-refractivity contribution in [3.63, 3.8) is 0 Å². The van der Waals surface area contributed by atoms with Crippen LogP contribution in [0.4, 0.5) is 0 Å². The van der Waals surface area contributed by atoms with Crippen molar-refractivity contribution in [3.05, 3.63) is 23.9 Å². The van der Waals surface area contributed by atoms with E-state index in [-0.39, 0.29) is 5.92 Å². The van der Waals surface area contributed by atoms with Crippen LogP contribution in [-0.2, 0) is 0 Å². The van der Waals surface area contributed by atoms with Crippen molar-refractivity contribution in [1.29, 1.82) is 0 Å². The molecule has 0 spiro atoms. The third kappa shape index (κ3) is 3.20. The average molecular weight is 223 g/mol. The molecule has 1 N–H and O–H groups in total. The molecule has 1 aromatic rings. The van der Waals surface area contributed by atoms with Gasteiger partial charge in [0.1, 0.15) is 0 Å². The lowest BCUT2D eigenvalue weighted by Gasteiger charge is -2.23. The molecular formula is C13H21NO2. The van der Waals surface area contributed by atoms with Gasteiger partial charge in [0.2, 0.25) is 5.88 Å². The quantitative estimate of drug-likeness (QED) is 0.834. The number of aromatic nitrogens is 1. The lowest BCUT2D eigenvalue weighted by Crippen LogP contribution is -2.21. The largest absolute Gasteiger partial charge is 0.478 e. The maximum absolute atomic E-state index is 9.78. The van der Waals surface area contributed by atoms with E-state index in [0.29, 0.717) is 18.4 Å². The maximum atomic E-state index is 9.78. The minimum atomic E-state index is -0.399. The molecule has 2 atom stereocenters. The van der Waals surface area contributed by atoms with Crippen molar-refractivity contribution in [2.24, 2.45) is 5.92 Å². The molecule has 0 radical (unpaired) electrons. The molecule has 0 fully saturated rings. The Morgan fingerprint density at radius 3 is 2.50 bits per heavy atom. The second-order valence-corrected chi connectivity index (χ2v) is 4.34. The number of nitrogens with zero attached hydrogens (tertiary/aromatic N) is 1. The average Bonchev–Trinajstić information content (AvgIpc) is 2.17. The highest BCUT2D eigenvalue weighted by Gasteiger charge is 2.22. The van der Waals surface area contributed by atoms with E-state index in [1.807, 2.05) is 25.1 Å². The number of pyridine rings is 1. The molecule has 1 aromatic heterocycles. The van der Waals surface area contributed by atoms with Crippen LogP contribution in [0.2, 0.25) is 0 Å². The molecule has 3 heteroatoms. The Hall–Kier alpha value is -1.09. The van der Waals surface area contributed by atoms with Crippen molar-refractivity contribution in [2.45, 2.75) is 39.7 Å². The first kappa shape index (κ1) is 13.0. The van der Waals surface area contributed by atoms with Gasteiger partial charge in [-0.05, 0) is 25.8 Å². The first-order chi connectivity index (χ1) is 7.56. The highest BCUT2D eigenvalue weighted by atomic mass is 16.5. The zero-order valence-corrected chi connectivity index (χ0v) is 10.5. The van der Waals surface area contributed by atoms with Crippen LogP contribution < -0.4 is 4.74 Å². The van der Waals surface area contributed by atoms with Crippen molar-refractivity contribution in [1.82, 2.24) is 4.98 Å². The summed E-state index contributed by atoms with van der Waals surface area (Å²) in [5.74, 6) is 1.04. The van der Waals surface area contributed by atoms with Crippen molar-refractivity contribution in [3.8, 4) is 5.88 Å². The van der Waals surface area contributed by atoms with Gasteiger partial charge < -0.3 is 9.84 Å². The van der Waals surface area contributed by atoms with Gasteiger partial charge in [0, 0.05) is 12.0 Å². The van der Waals surface area contributed by atoms with Crippen LogP contribution in [0.5, 0.6) is 5.88 Å². The number of aliphatic hydroxyl groups excluding tert-OH is 1. The normalized spacial score (nSPS) is 14.9. The fourth-order valence-electron chi connectivity index (χ4n) is 1.99. The highest BCUT2D eigenvalue weighted by Crippen LogP contribution is 2.27. The zero-order valence-electron chi connectivity index (χ0n) is 10.5. The topological polar surface area (TPSA) is 42.4 Å². The number of ether oxygens (including phenoxy) is 1. The van der Waals surface area contributed by atoms with E-state index in [0.717, 1.165) is 5.69 Å². The second kappa shape index (κ2) is 5.85. The van der Waals surface area contributed by atoms with Gasteiger partial charge in [-0.2, -0.15) is 0 Å². The summed E-state index contributed by atoms with van der Waals surface area (Å²) in [4.78, 5) is 4.42. The molecular weight excluding hydrogens is 202 g/mol. The monoisotopic (exact) mass is 223 g/mol. The smallest absolute Gasteiger partial charge is 0.213 e. The first-order valence-electron chi connectivity index (χ1n) is 5.84. The molecule has 0 saturated carbocycles. The number of rotatable bonds is 5. The van der Waals surface area contributed by atoms with Gasteiger partial charge in [0.25, 0.3) is 0 Å². The van der Waals surface area contributed by atoms with Gasteiger partial charge in [-0.1, -0.05) is 19.9 Å². The third-order valence-electron chi connectivity index (χ3n) is 2.62. The maximum Gasteiger partial charge on any atom is 0.213 e. The van der Waals surface area contributed by atoms with E-state index in [1.165, 1.54) is 0 Å². The summed E-state index contributed by atoms with van der Waals surface area (Å²) in [6, 6.07) is 5.71. The summed E-state index contributed by atoms with van der Waals surface area (Å²) in [5.41, 5.74) is 0.899. The van der Waals surface area contributed by atoms with Gasteiger partial charge in [-0.15, -0.1) is 0 Å². The SMILES string of the molecule is CCOc1cccc(C(C(C)C)C(C)O)n1. The van der Waals surface area contributed by atoms with E-state index >= 15 is 0 Å². The van der Waals surface area contributed by atoms with Gasteiger partial charge in [-0.3, -0.25) is 0 Å². The summed E-state index contributed by atoms with van der Waals surface area (Å²) in [7, 11) is 0. The van der Waals surface area contributed by atoms with Crippen molar-refractivity contribution in [2.75, 3.05) is 6.61 Å². The van der Waals surface area contributed by atoms with Crippen LogP contribution in [0.25, 0.3) is 0 Å². The molecule has 0 aliphatic rings. The molecule has 0 aromatic carbocycles. The second-order valence-electron chi connectivity index (χ2n) is 4.34. The summed E-state index contributed by atoms with van der Waals surface area (Å²) < 4.78 is 5.36. The van der Waals surface area contributed by atoms with E-state index in [2.05, 4.69) is 18.8 Å². The lowest BCUT2D eigenvalue weighted by atomic mass is 9.88. The molecule has 0 amide bonds. The summed E-state index contributed by atoms with van der Waals surface area (Å²) in [5, 5.41) is 9.78. The summed E-state index contributed by atoms with van der Waals surface area (Å²) in [6.45, 7) is 8.53. The van der Waals surface area contributed by atoms with Gasteiger partial charge in [0.15, 0.2) is 0 Å². The molecule has 0 saturated heterocycles. The van der Waals surface area contributed by atoms with Crippen LogP contribution in [0.15, 0.2) is 18.2 Å². The molecule has 1 rings (SSSR count). The van der Waals surface area contributed by atoms with Gasteiger partial charge in [0.05, 0.1) is 18.4 Å². The molecule has 16 heavy (non-hydrogen) atoms. The Balaban J connectivity index is 2.95. The molecule has 90 valence electrons. The first-order valence-corrected chi connectivity index (χ1v) is 5.84. The van der Waals surface area contributed by atoms with E-state index in [9.17, 15) is 5.11 Å². The van der Waals surface area contributed by atoms with Crippen LogP contribution in [0.1, 0.15) is 39.3 Å². The molecule has 0 bridgehead atoms. The summed E-state index contributed by atoms with van der Waals surface area (Å²) >= 11 is 0. The minimum absolute atomic E-state index is 0.0559. The fraction of sp³-hybridized carbons (Fsp3) is 0.615. The molecule has 1 heterocycles. The summed E-state index contributed by atoms with van der Waals surface area (Å²) in [6.07, 6.45) is -0.399. The fourth-order valence-corrected chi connectivity index (χ4v) is 1.99. The van der Waals surface area contributed by atoms with Crippen molar-refractivity contribution >= 4 is 0 Å². The van der Waals surface area contributed by atoms with Crippen LogP contribution in [0.3, 0.4) is 0 Å². The molecule has 0 aliphatic heterocycles. The Labute approximate surface area is 97.5 Å². The molecule has 3 nitrogen and oxygen atoms in total. The Kier molecular flexibility index (Phi) is 4.74. The third-order valence-corrected chi connectivity index (χ3v) is 2.62. The lowest BCUT2D eigenvalue weighted by molar-refractivity contribution is 0.137.